The maximum absolute atomic E-state index is 12.7. The van der Waals surface area contributed by atoms with Gasteiger partial charge >= 0.3 is 0 Å². The molecule has 0 bridgehead atoms. The summed E-state index contributed by atoms with van der Waals surface area (Å²) >= 11 is 0. The molecule has 0 aromatic heterocycles. The number of rotatable bonds is 4. The molecule has 0 radical (unpaired) electrons. The Morgan fingerprint density at radius 2 is 1.82 bits per heavy atom. The van der Waals surface area contributed by atoms with Crippen LogP contribution in [0.25, 0.3) is 0 Å². The van der Waals surface area contributed by atoms with Crippen LogP contribution in [0.5, 0.6) is 11.5 Å². The van der Waals surface area contributed by atoms with E-state index in [-0.39, 0.29) is 11.9 Å². The van der Waals surface area contributed by atoms with Crippen LogP contribution in [0.15, 0.2) is 55.1 Å². The summed E-state index contributed by atoms with van der Waals surface area (Å²) in [6.07, 6.45) is 1.78. The lowest BCUT2D eigenvalue weighted by Crippen LogP contribution is -2.26. The van der Waals surface area contributed by atoms with E-state index in [1.54, 1.807) is 37.3 Å². The van der Waals surface area contributed by atoms with Crippen molar-refractivity contribution in [3.05, 3.63) is 66.2 Å². The molecule has 3 rings (SSSR count). The normalized spacial score (nSPS) is 16.4. The van der Waals surface area contributed by atoms with Gasteiger partial charge in [-0.1, -0.05) is 24.3 Å². The van der Waals surface area contributed by atoms with Crippen molar-refractivity contribution in [2.45, 2.75) is 6.04 Å². The first-order valence-electron chi connectivity index (χ1n) is 6.98. The molecule has 4 heteroatoms. The fraction of sp³-hybridized carbons (Fsp3) is 0.167. The number of ether oxygens (including phenoxy) is 2. The zero-order valence-electron chi connectivity index (χ0n) is 12.6. The molecule has 1 atom stereocenters. The summed E-state index contributed by atoms with van der Waals surface area (Å²) in [7, 11) is 3.16. The van der Waals surface area contributed by atoms with Crippen molar-refractivity contribution in [2.24, 2.45) is 0 Å². The first kappa shape index (κ1) is 14.2. The summed E-state index contributed by atoms with van der Waals surface area (Å²) in [5, 5.41) is 0. The predicted octanol–water partition coefficient (Wildman–Crippen LogP) is 3.59. The molecule has 0 N–H and O–H groups in total. The maximum atomic E-state index is 12.7. The zero-order valence-corrected chi connectivity index (χ0v) is 12.6. The van der Waals surface area contributed by atoms with Crippen molar-refractivity contribution in [1.29, 1.82) is 0 Å². The second-order valence-corrected chi connectivity index (χ2v) is 4.98. The molecule has 0 aliphatic carbocycles. The molecule has 0 fully saturated rings. The summed E-state index contributed by atoms with van der Waals surface area (Å²) in [5.74, 6) is 1.19. The Balaban J connectivity index is 2.09. The van der Waals surface area contributed by atoms with Gasteiger partial charge in [0.15, 0.2) is 11.5 Å². The number of hydrogen-bond acceptors (Lipinski definition) is 3. The number of methoxy groups -OCH3 is 2. The SMILES string of the molecule is C=CC1c2ccccc2C(=O)N1c1ccc(OC)c(OC)c1. The van der Waals surface area contributed by atoms with Crippen LogP contribution in [0.4, 0.5) is 5.69 Å². The molecule has 2 aromatic carbocycles. The monoisotopic (exact) mass is 295 g/mol. The van der Waals surface area contributed by atoms with Gasteiger partial charge in [0, 0.05) is 17.3 Å². The Hall–Kier alpha value is -2.75. The van der Waals surface area contributed by atoms with E-state index >= 15 is 0 Å². The van der Waals surface area contributed by atoms with Crippen molar-refractivity contribution in [1.82, 2.24) is 0 Å². The Kier molecular flexibility index (Phi) is 3.59. The van der Waals surface area contributed by atoms with Crippen LogP contribution in [-0.2, 0) is 0 Å². The number of benzene rings is 2. The van der Waals surface area contributed by atoms with Crippen LogP contribution < -0.4 is 14.4 Å². The van der Waals surface area contributed by atoms with E-state index in [9.17, 15) is 4.79 Å². The number of anilines is 1. The number of carbonyl (C=O) groups is 1. The highest BCUT2D eigenvalue weighted by Gasteiger charge is 2.35. The summed E-state index contributed by atoms with van der Waals surface area (Å²) in [6.45, 7) is 3.88. The van der Waals surface area contributed by atoms with Crippen LogP contribution in [0, 0.1) is 0 Å². The molecular formula is C18H17NO3. The van der Waals surface area contributed by atoms with Gasteiger partial charge < -0.3 is 9.47 Å². The number of hydrogen-bond donors (Lipinski definition) is 0. The van der Waals surface area contributed by atoms with Crippen LogP contribution >= 0.6 is 0 Å². The number of carbonyl (C=O) groups excluding carboxylic acids is 1. The summed E-state index contributed by atoms with van der Waals surface area (Å²) in [4.78, 5) is 14.4. The lowest BCUT2D eigenvalue weighted by Gasteiger charge is -2.23. The van der Waals surface area contributed by atoms with E-state index in [0.29, 0.717) is 17.1 Å². The standard InChI is InChI=1S/C18H17NO3/c1-4-15-13-7-5-6-8-14(13)18(20)19(15)12-9-10-16(21-2)17(11-12)22-3/h4-11,15H,1H2,2-3H3. The van der Waals surface area contributed by atoms with Crippen LogP contribution in [0.1, 0.15) is 22.0 Å². The summed E-state index contributed by atoms with van der Waals surface area (Å²) in [6, 6.07) is 12.9. The molecule has 1 aliphatic rings. The largest absolute Gasteiger partial charge is 0.493 e. The number of amides is 1. The van der Waals surface area contributed by atoms with Crippen LogP contribution in [0.3, 0.4) is 0 Å². The Morgan fingerprint density at radius 1 is 1.09 bits per heavy atom. The van der Waals surface area contributed by atoms with Crippen molar-refractivity contribution in [3.63, 3.8) is 0 Å². The average molecular weight is 295 g/mol. The lowest BCUT2D eigenvalue weighted by molar-refractivity contribution is 0.0994. The smallest absolute Gasteiger partial charge is 0.259 e. The molecular weight excluding hydrogens is 278 g/mol. The number of nitrogens with zero attached hydrogens (tertiary/aromatic N) is 1. The fourth-order valence-corrected chi connectivity index (χ4v) is 2.83. The van der Waals surface area contributed by atoms with E-state index in [0.717, 1.165) is 11.3 Å². The molecule has 4 nitrogen and oxygen atoms in total. The molecule has 1 heterocycles. The highest BCUT2D eigenvalue weighted by atomic mass is 16.5. The van der Waals surface area contributed by atoms with Gasteiger partial charge in [0.05, 0.1) is 20.3 Å². The minimum Gasteiger partial charge on any atom is -0.493 e. The molecule has 112 valence electrons. The molecule has 0 saturated carbocycles. The van der Waals surface area contributed by atoms with Gasteiger partial charge in [0.2, 0.25) is 0 Å². The van der Waals surface area contributed by atoms with Crippen molar-refractivity contribution < 1.29 is 14.3 Å². The van der Waals surface area contributed by atoms with E-state index in [4.69, 9.17) is 9.47 Å². The average Bonchev–Trinajstić information content (AvgIpc) is 2.86. The topological polar surface area (TPSA) is 38.8 Å². The van der Waals surface area contributed by atoms with Gasteiger partial charge in [0.25, 0.3) is 5.91 Å². The van der Waals surface area contributed by atoms with E-state index in [2.05, 4.69) is 6.58 Å². The molecule has 2 aromatic rings. The Morgan fingerprint density at radius 3 is 2.50 bits per heavy atom. The van der Waals surface area contributed by atoms with Gasteiger partial charge in [-0.3, -0.25) is 9.69 Å². The van der Waals surface area contributed by atoms with Crippen LogP contribution in [-0.4, -0.2) is 20.1 Å². The van der Waals surface area contributed by atoms with Gasteiger partial charge in [-0.25, -0.2) is 0 Å². The van der Waals surface area contributed by atoms with Crippen molar-refractivity contribution >= 4 is 11.6 Å². The Labute approximate surface area is 129 Å². The molecule has 1 aliphatic heterocycles. The molecule has 1 unspecified atom stereocenters. The molecule has 0 saturated heterocycles. The minimum absolute atomic E-state index is 0.0345. The fourth-order valence-electron chi connectivity index (χ4n) is 2.83. The van der Waals surface area contributed by atoms with Gasteiger partial charge in [-0.05, 0) is 23.8 Å². The Bertz CT molecular complexity index is 739. The second-order valence-electron chi connectivity index (χ2n) is 4.98. The first-order chi connectivity index (χ1) is 10.7. The van der Waals surface area contributed by atoms with Crippen LogP contribution in [0.2, 0.25) is 0 Å². The summed E-state index contributed by atoms with van der Waals surface area (Å²) < 4.78 is 10.6. The minimum atomic E-state index is -0.179. The third-order valence-electron chi connectivity index (χ3n) is 3.88. The van der Waals surface area contributed by atoms with Crippen molar-refractivity contribution in [3.8, 4) is 11.5 Å². The number of fused-ring (bicyclic) bond motifs is 1. The lowest BCUT2D eigenvalue weighted by atomic mass is 10.0. The molecule has 1 amide bonds. The van der Waals surface area contributed by atoms with Gasteiger partial charge in [0.1, 0.15) is 0 Å². The highest BCUT2D eigenvalue weighted by Crippen LogP contribution is 2.40. The first-order valence-corrected chi connectivity index (χ1v) is 6.98. The van der Waals surface area contributed by atoms with Gasteiger partial charge in [-0.15, -0.1) is 6.58 Å². The van der Waals surface area contributed by atoms with E-state index in [1.165, 1.54) is 0 Å². The predicted molar refractivity (Wildman–Crippen MR) is 85.7 cm³/mol. The van der Waals surface area contributed by atoms with E-state index in [1.807, 2.05) is 30.3 Å². The second kappa shape index (κ2) is 5.56. The highest BCUT2D eigenvalue weighted by molar-refractivity contribution is 6.11. The summed E-state index contributed by atoms with van der Waals surface area (Å²) in [5.41, 5.74) is 2.43. The third kappa shape index (κ3) is 2.04. The molecule has 22 heavy (non-hydrogen) atoms. The van der Waals surface area contributed by atoms with Crippen molar-refractivity contribution in [2.75, 3.05) is 19.1 Å². The van der Waals surface area contributed by atoms with E-state index < -0.39 is 0 Å². The zero-order chi connectivity index (χ0) is 15.7. The molecule has 0 spiro atoms. The maximum Gasteiger partial charge on any atom is 0.259 e. The van der Waals surface area contributed by atoms with Gasteiger partial charge in [-0.2, -0.15) is 0 Å². The third-order valence-corrected chi connectivity index (χ3v) is 3.88. The quantitative estimate of drug-likeness (QED) is 0.809.